The Bertz CT molecular complexity index is 919. The van der Waals surface area contributed by atoms with Gasteiger partial charge in [0.05, 0.1) is 24.3 Å². The van der Waals surface area contributed by atoms with Gasteiger partial charge >= 0.3 is 5.97 Å². The van der Waals surface area contributed by atoms with E-state index in [9.17, 15) is 14.4 Å². The van der Waals surface area contributed by atoms with Gasteiger partial charge in [0.1, 0.15) is 12.1 Å². The molecule has 0 bridgehead atoms. The predicted octanol–water partition coefficient (Wildman–Crippen LogP) is 3.74. The van der Waals surface area contributed by atoms with E-state index in [0.29, 0.717) is 5.56 Å². The molecule has 0 saturated carbocycles. The number of carbonyl (C=O) groups excluding carboxylic acids is 3. The van der Waals surface area contributed by atoms with E-state index < -0.39 is 11.5 Å². The molecule has 0 aromatic heterocycles. The lowest BCUT2D eigenvalue weighted by molar-refractivity contribution is -0.143. The second-order valence-electron chi connectivity index (χ2n) is 7.73. The minimum Gasteiger partial charge on any atom is -0.464 e. The van der Waals surface area contributed by atoms with E-state index in [2.05, 4.69) is 5.32 Å². The number of carbonyl (C=O) groups is 3. The van der Waals surface area contributed by atoms with Crippen molar-refractivity contribution < 1.29 is 19.1 Å². The normalized spacial score (nSPS) is 14.7. The first-order chi connectivity index (χ1) is 13.8. The number of nitrogens with zero attached hydrogens (tertiary/aromatic N) is 1. The Morgan fingerprint density at radius 1 is 1.03 bits per heavy atom. The molecule has 3 rings (SSSR count). The maximum atomic E-state index is 12.8. The van der Waals surface area contributed by atoms with Gasteiger partial charge in [-0.05, 0) is 32.9 Å². The molecule has 2 aromatic carbocycles. The number of fused-ring (bicyclic) bond motifs is 1. The van der Waals surface area contributed by atoms with Crippen LogP contribution in [0.4, 0.5) is 11.4 Å². The van der Waals surface area contributed by atoms with Gasteiger partial charge in [0.25, 0.3) is 5.91 Å². The van der Waals surface area contributed by atoms with Crippen molar-refractivity contribution in [3.63, 3.8) is 0 Å². The van der Waals surface area contributed by atoms with Crippen LogP contribution in [0.5, 0.6) is 0 Å². The predicted molar refractivity (Wildman–Crippen MR) is 112 cm³/mol. The van der Waals surface area contributed by atoms with Crippen molar-refractivity contribution in [2.75, 3.05) is 23.4 Å². The summed E-state index contributed by atoms with van der Waals surface area (Å²) in [6, 6.07) is 14.8. The Morgan fingerprint density at radius 2 is 1.72 bits per heavy atom. The molecule has 1 aliphatic rings. The number of aryl methyl sites for hydroxylation is 1. The maximum Gasteiger partial charge on any atom is 0.306 e. The topological polar surface area (TPSA) is 75.7 Å². The molecule has 6 nitrogen and oxygen atoms in total. The van der Waals surface area contributed by atoms with E-state index >= 15 is 0 Å². The van der Waals surface area contributed by atoms with E-state index in [0.717, 1.165) is 16.9 Å². The first kappa shape index (κ1) is 20.6. The zero-order chi connectivity index (χ0) is 21.0. The van der Waals surface area contributed by atoms with Crippen LogP contribution >= 0.6 is 0 Å². The molecule has 2 aromatic rings. The van der Waals surface area contributed by atoms with Gasteiger partial charge in [-0.2, -0.15) is 0 Å². The summed E-state index contributed by atoms with van der Waals surface area (Å²) in [6.45, 7) is 5.93. The molecule has 29 heavy (non-hydrogen) atoms. The van der Waals surface area contributed by atoms with Crippen LogP contribution in [0, 0.1) is 6.92 Å². The SMILES string of the molecule is Cc1ccc(C(=O)CCC(=O)OCCN2C(=O)C(C)(C)Nc3ccccc32)cc1. The van der Waals surface area contributed by atoms with Gasteiger partial charge in [-0.15, -0.1) is 0 Å². The lowest BCUT2D eigenvalue weighted by Gasteiger charge is -2.39. The van der Waals surface area contributed by atoms with Crippen molar-refractivity contribution in [1.82, 2.24) is 0 Å². The maximum absolute atomic E-state index is 12.8. The fourth-order valence-corrected chi connectivity index (χ4v) is 3.30. The lowest BCUT2D eigenvalue weighted by atomic mass is 9.98. The molecule has 0 fully saturated rings. The summed E-state index contributed by atoms with van der Waals surface area (Å²) in [7, 11) is 0. The van der Waals surface area contributed by atoms with Crippen LogP contribution in [0.25, 0.3) is 0 Å². The van der Waals surface area contributed by atoms with Gasteiger partial charge in [0, 0.05) is 12.0 Å². The van der Waals surface area contributed by atoms with Crippen molar-refractivity contribution in [2.45, 2.75) is 39.2 Å². The van der Waals surface area contributed by atoms with Crippen LogP contribution in [0.15, 0.2) is 48.5 Å². The summed E-state index contributed by atoms with van der Waals surface area (Å²) in [5.74, 6) is -0.614. The smallest absolute Gasteiger partial charge is 0.306 e. The van der Waals surface area contributed by atoms with Gasteiger partial charge in [-0.1, -0.05) is 42.0 Å². The molecule has 0 atom stereocenters. The highest BCUT2D eigenvalue weighted by atomic mass is 16.5. The summed E-state index contributed by atoms with van der Waals surface area (Å²) in [4.78, 5) is 38.6. The van der Waals surface area contributed by atoms with Gasteiger partial charge in [-0.3, -0.25) is 14.4 Å². The number of hydrogen-bond donors (Lipinski definition) is 1. The number of nitrogens with one attached hydrogen (secondary N) is 1. The van der Waals surface area contributed by atoms with E-state index in [1.54, 1.807) is 17.0 Å². The first-order valence-electron chi connectivity index (χ1n) is 9.72. The quantitative estimate of drug-likeness (QED) is 0.572. The van der Waals surface area contributed by atoms with Crippen LogP contribution in [0.3, 0.4) is 0 Å². The van der Waals surface area contributed by atoms with Gasteiger partial charge in [-0.25, -0.2) is 0 Å². The summed E-state index contributed by atoms with van der Waals surface area (Å²) < 4.78 is 5.28. The molecular formula is C23H26N2O4. The van der Waals surface area contributed by atoms with E-state index in [-0.39, 0.29) is 37.7 Å². The monoisotopic (exact) mass is 394 g/mol. The molecule has 0 unspecified atom stereocenters. The third-order valence-electron chi connectivity index (χ3n) is 4.93. The Morgan fingerprint density at radius 3 is 2.45 bits per heavy atom. The molecule has 0 radical (unpaired) electrons. The molecule has 152 valence electrons. The Labute approximate surface area is 170 Å². The molecule has 1 amide bonds. The fourth-order valence-electron chi connectivity index (χ4n) is 3.30. The number of amides is 1. The summed E-state index contributed by atoms with van der Waals surface area (Å²) in [6.07, 6.45) is 0.120. The number of Topliss-reactive ketones (excluding diaryl/α,β-unsaturated/α-hetero) is 1. The number of ether oxygens (including phenoxy) is 1. The summed E-state index contributed by atoms with van der Waals surface area (Å²) in [5.41, 5.74) is 2.56. The Hall–Kier alpha value is -3.15. The Kier molecular flexibility index (Phi) is 6.01. The van der Waals surface area contributed by atoms with Crippen LogP contribution in [0.2, 0.25) is 0 Å². The standard InChI is InChI=1S/C23H26N2O4/c1-16-8-10-17(11-9-16)20(26)12-13-21(27)29-15-14-25-19-7-5-4-6-18(19)24-23(2,3)22(25)28/h4-11,24H,12-15H2,1-3H3. The number of ketones is 1. The molecule has 0 spiro atoms. The van der Waals surface area contributed by atoms with Gasteiger partial charge in [0.2, 0.25) is 0 Å². The van der Waals surface area contributed by atoms with Gasteiger partial charge in [0.15, 0.2) is 5.78 Å². The van der Waals surface area contributed by atoms with E-state index in [1.165, 1.54) is 0 Å². The molecular weight excluding hydrogens is 368 g/mol. The summed E-state index contributed by atoms with van der Waals surface area (Å²) >= 11 is 0. The van der Waals surface area contributed by atoms with Crippen LogP contribution in [0.1, 0.15) is 42.6 Å². The second-order valence-corrected chi connectivity index (χ2v) is 7.73. The largest absolute Gasteiger partial charge is 0.464 e. The summed E-state index contributed by atoms with van der Waals surface area (Å²) in [5, 5.41) is 3.23. The average Bonchev–Trinajstić information content (AvgIpc) is 2.69. The van der Waals surface area contributed by atoms with Crippen LogP contribution in [-0.2, 0) is 14.3 Å². The number of anilines is 2. The number of esters is 1. The number of para-hydroxylation sites is 2. The lowest BCUT2D eigenvalue weighted by Crippen LogP contribution is -2.54. The fraction of sp³-hybridized carbons (Fsp3) is 0.348. The van der Waals surface area contributed by atoms with Gasteiger partial charge < -0.3 is 15.0 Å². The number of rotatable bonds is 7. The Balaban J connectivity index is 1.51. The van der Waals surface area contributed by atoms with E-state index in [4.69, 9.17) is 4.74 Å². The van der Waals surface area contributed by atoms with Crippen LogP contribution in [-0.4, -0.2) is 36.4 Å². The average molecular weight is 394 g/mol. The van der Waals surface area contributed by atoms with Crippen molar-refractivity contribution in [3.8, 4) is 0 Å². The molecule has 6 heteroatoms. The molecule has 0 aliphatic carbocycles. The molecule has 1 aliphatic heterocycles. The zero-order valence-corrected chi connectivity index (χ0v) is 17.0. The number of hydrogen-bond acceptors (Lipinski definition) is 5. The highest BCUT2D eigenvalue weighted by Crippen LogP contribution is 2.34. The second kappa shape index (κ2) is 8.47. The molecule has 0 saturated heterocycles. The zero-order valence-electron chi connectivity index (χ0n) is 17.0. The van der Waals surface area contributed by atoms with Crippen molar-refractivity contribution in [3.05, 3.63) is 59.7 Å². The minimum absolute atomic E-state index is 0.0181. The van der Waals surface area contributed by atoms with Crippen molar-refractivity contribution in [2.24, 2.45) is 0 Å². The third kappa shape index (κ3) is 4.83. The van der Waals surface area contributed by atoms with Crippen molar-refractivity contribution in [1.29, 1.82) is 0 Å². The van der Waals surface area contributed by atoms with Crippen LogP contribution < -0.4 is 10.2 Å². The number of benzene rings is 2. The minimum atomic E-state index is -0.737. The van der Waals surface area contributed by atoms with Crippen molar-refractivity contribution >= 4 is 29.0 Å². The third-order valence-corrected chi connectivity index (χ3v) is 4.93. The highest BCUT2D eigenvalue weighted by molar-refractivity contribution is 6.07. The molecule has 1 heterocycles. The molecule has 1 N–H and O–H groups in total. The highest BCUT2D eigenvalue weighted by Gasteiger charge is 2.38. The first-order valence-corrected chi connectivity index (χ1v) is 9.72. The van der Waals surface area contributed by atoms with E-state index in [1.807, 2.05) is 57.2 Å².